The summed E-state index contributed by atoms with van der Waals surface area (Å²) in [4.78, 5) is 41.4. The molecule has 1 unspecified atom stereocenters. The molecule has 0 saturated heterocycles. The minimum atomic E-state index is -1.17. The van der Waals surface area contributed by atoms with Gasteiger partial charge in [-0.25, -0.2) is 14.6 Å². The number of hydrogen-bond donors (Lipinski definition) is 2. The van der Waals surface area contributed by atoms with Crippen LogP contribution in [0.2, 0.25) is 0 Å². The average Bonchev–Trinajstić information content (AvgIpc) is 3.54. The summed E-state index contributed by atoms with van der Waals surface area (Å²) in [5.41, 5.74) is 1.07. The van der Waals surface area contributed by atoms with Crippen molar-refractivity contribution in [1.82, 2.24) is 15.6 Å². The molecule has 1 aliphatic rings. The maximum atomic E-state index is 12.9. The number of amides is 2. The van der Waals surface area contributed by atoms with Crippen molar-refractivity contribution in [2.75, 3.05) is 13.7 Å². The number of carbonyl (C=O) groups excluding carboxylic acids is 3. The van der Waals surface area contributed by atoms with E-state index in [1.807, 2.05) is 0 Å². The van der Waals surface area contributed by atoms with Crippen molar-refractivity contribution >= 4 is 23.5 Å². The van der Waals surface area contributed by atoms with Crippen LogP contribution in [-0.2, 0) is 14.2 Å². The van der Waals surface area contributed by atoms with Crippen LogP contribution in [0.3, 0.4) is 0 Å². The van der Waals surface area contributed by atoms with E-state index in [1.165, 1.54) is 20.1 Å². The molecule has 174 valence electrons. The molecule has 1 atom stereocenters. The van der Waals surface area contributed by atoms with Gasteiger partial charge in [0.05, 0.1) is 7.11 Å². The monoisotopic (exact) mass is 445 g/mol. The Kier molecular flexibility index (Phi) is 8.80. The third-order valence-corrected chi connectivity index (χ3v) is 4.59. The number of pyridine rings is 1. The molecule has 2 amide bonds. The predicted molar refractivity (Wildman–Crippen MR) is 119 cm³/mol. The molecule has 9 heteroatoms. The first kappa shape index (κ1) is 24.9. The lowest BCUT2D eigenvalue weighted by atomic mass is 10.0. The Morgan fingerprint density at radius 3 is 2.50 bits per heavy atom. The fourth-order valence-corrected chi connectivity index (χ4v) is 2.74. The minimum Gasteiger partial charge on any atom is -0.497 e. The summed E-state index contributed by atoms with van der Waals surface area (Å²) in [6.07, 6.45) is 1.95. The Hall–Kier alpha value is -3.36. The molecule has 2 rings (SSSR count). The first-order valence-electron chi connectivity index (χ1n) is 10.5. The maximum absolute atomic E-state index is 12.9. The van der Waals surface area contributed by atoms with Crippen LogP contribution in [0.15, 0.2) is 30.5 Å². The molecule has 2 N–H and O–H groups in total. The van der Waals surface area contributed by atoms with Crippen molar-refractivity contribution in [3.63, 3.8) is 0 Å². The standard InChI is InChI=1S/C23H31N3O6/c1-13(2)25-23(29)32-16(5)31-22(28)20-18(14(3)11-15(4)30-6)9-10-19(26-20)21(27)24-12-17-7-8-17/h9-11,13,16-17H,4,7-8,12H2,1-3,5-6H3,(H,24,27)(H,25,29)/b14-11+. The molecular weight excluding hydrogens is 414 g/mol. The van der Waals surface area contributed by atoms with Crippen molar-refractivity contribution in [2.24, 2.45) is 5.92 Å². The third kappa shape index (κ3) is 7.72. The normalized spacial score (nSPS) is 14.4. The number of carbonyl (C=O) groups is 3. The van der Waals surface area contributed by atoms with Gasteiger partial charge in [-0.15, -0.1) is 0 Å². The Balaban J connectivity index is 2.25. The van der Waals surface area contributed by atoms with Gasteiger partial charge in [0.15, 0.2) is 5.69 Å². The first-order chi connectivity index (χ1) is 15.1. The zero-order valence-electron chi connectivity index (χ0n) is 19.2. The Bertz CT molecular complexity index is 905. The summed E-state index contributed by atoms with van der Waals surface area (Å²) in [6, 6.07) is 3.02. The number of ether oxygens (including phenoxy) is 3. The van der Waals surface area contributed by atoms with E-state index in [0.717, 1.165) is 12.8 Å². The smallest absolute Gasteiger partial charge is 0.410 e. The summed E-state index contributed by atoms with van der Waals surface area (Å²) in [5, 5.41) is 5.37. The van der Waals surface area contributed by atoms with Crippen molar-refractivity contribution in [2.45, 2.75) is 52.9 Å². The number of nitrogens with zero attached hydrogens (tertiary/aromatic N) is 1. The number of hydrogen-bond acceptors (Lipinski definition) is 7. The number of methoxy groups -OCH3 is 1. The van der Waals surface area contributed by atoms with Gasteiger partial charge in [0.1, 0.15) is 11.5 Å². The molecule has 1 aliphatic carbocycles. The van der Waals surface area contributed by atoms with Crippen LogP contribution >= 0.6 is 0 Å². The fourth-order valence-electron chi connectivity index (χ4n) is 2.74. The van der Waals surface area contributed by atoms with Gasteiger partial charge in [-0.1, -0.05) is 6.58 Å². The van der Waals surface area contributed by atoms with Crippen LogP contribution < -0.4 is 10.6 Å². The zero-order valence-corrected chi connectivity index (χ0v) is 19.2. The highest BCUT2D eigenvalue weighted by Crippen LogP contribution is 2.27. The Labute approximate surface area is 188 Å². The van der Waals surface area contributed by atoms with Gasteiger partial charge >= 0.3 is 12.1 Å². The summed E-state index contributed by atoms with van der Waals surface area (Å²) < 4.78 is 15.4. The molecule has 0 radical (unpaired) electrons. The molecule has 1 heterocycles. The molecule has 1 fully saturated rings. The van der Waals surface area contributed by atoms with E-state index >= 15 is 0 Å². The molecular formula is C23H31N3O6. The topological polar surface area (TPSA) is 116 Å². The van der Waals surface area contributed by atoms with Crippen LogP contribution in [-0.4, -0.2) is 48.9 Å². The largest absolute Gasteiger partial charge is 0.497 e. The number of alkyl carbamates (subject to hydrolysis) is 1. The molecule has 0 aromatic carbocycles. The minimum absolute atomic E-state index is 0.0820. The SMILES string of the molecule is C=C(/C=C(\C)c1ccc(C(=O)NCC2CC2)nc1C(=O)OC(C)OC(=O)NC(C)C)OC. The molecule has 0 bridgehead atoms. The molecule has 0 spiro atoms. The fraction of sp³-hybridized carbons (Fsp3) is 0.478. The second-order valence-corrected chi connectivity index (χ2v) is 7.92. The maximum Gasteiger partial charge on any atom is 0.410 e. The summed E-state index contributed by atoms with van der Waals surface area (Å²) in [5.74, 6) is -0.323. The van der Waals surface area contributed by atoms with E-state index in [-0.39, 0.29) is 23.3 Å². The zero-order chi connectivity index (χ0) is 23.8. The van der Waals surface area contributed by atoms with E-state index in [9.17, 15) is 14.4 Å². The number of aromatic nitrogens is 1. The molecule has 1 saturated carbocycles. The number of allylic oxidation sites excluding steroid dienone is 2. The van der Waals surface area contributed by atoms with Gasteiger partial charge in [0, 0.05) is 25.1 Å². The highest BCUT2D eigenvalue weighted by molar-refractivity contribution is 5.97. The Morgan fingerprint density at radius 1 is 1.22 bits per heavy atom. The number of rotatable bonds is 10. The lowest BCUT2D eigenvalue weighted by Crippen LogP contribution is -2.34. The highest BCUT2D eigenvalue weighted by Gasteiger charge is 2.25. The van der Waals surface area contributed by atoms with Crippen LogP contribution in [0.1, 0.15) is 67.1 Å². The summed E-state index contributed by atoms with van der Waals surface area (Å²) >= 11 is 0. The molecule has 0 aliphatic heterocycles. The summed E-state index contributed by atoms with van der Waals surface area (Å²) in [7, 11) is 1.48. The van der Waals surface area contributed by atoms with Crippen LogP contribution in [0.25, 0.3) is 5.57 Å². The van der Waals surface area contributed by atoms with Gasteiger partial charge in [-0.3, -0.25) is 4.79 Å². The lowest BCUT2D eigenvalue weighted by molar-refractivity contribution is -0.0608. The molecule has 1 aromatic heterocycles. The van der Waals surface area contributed by atoms with Crippen LogP contribution in [0.5, 0.6) is 0 Å². The van der Waals surface area contributed by atoms with E-state index < -0.39 is 18.4 Å². The average molecular weight is 446 g/mol. The van der Waals surface area contributed by atoms with E-state index in [0.29, 0.717) is 29.4 Å². The van der Waals surface area contributed by atoms with Crippen LogP contribution in [0.4, 0.5) is 4.79 Å². The van der Waals surface area contributed by atoms with Gasteiger partial charge in [-0.05, 0) is 63.3 Å². The highest BCUT2D eigenvalue weighted by atomic mass is 16.7. The summed E-state index contributed by atoms with van der Waals surface area (Å²) in [6.45, 7) is 11.0. The van der Waals surface area contributed by atoms with Gasteiger partial charge < -0.3 is 24.8 Å². The van der Waals surface area contributed by atoms with Gasteiger partial charge in [0.25, 0.3) is 5.91 Å². The molecule has 9 nitrogen and oxygen atoms in total. The second-order valence-electron chi connectivity index (χ2n) is 7.92. The predicted octanol–water partition coefficient (Wildman–Crippen LogP) is 3.42. The van der Waals surface area contributed by atoms with Crippen molar-refractivity contribution in [3.8, 4) is 0 Å². The van der Waals surface area contributed by atoms with Crippen molar-refractivity contribution in [1.29, 1.82) is 0 Å². The lowest BCUT2D eigenvalue weighted by Gasteiger charge is -2.17. The van der Waals surface area contributed by atoms with E-state index in [4.69, 9.17) is 14.2 Å². The third-order valence-electron chi connectivity index (χ3n) is 4.59. The van der Waals surface area contributed by atoms with Gasteiger partial charge in [-0.2, -0.15) is 0 Å². The van der Waals surface area contributed by atoms with Crippen molar-refractivity contribution < 1.29 is 28.6 Å². The van der Waals surface area contributed by atoms with Crippen LogP contribution in [0, 0.1) is 5.92 Å². The van der Waals surface area contributed by atoms with Crippen molar-refractivity contribution in [3.05, 3.63) is 47.5 Å². The molecule has 32 heavy (non-hydrogen) atoms. The van der Waals surface area contributed by atoms with Gasteiger partial charge in [0.2, 0.25) is 6.29 Å². The second kappa shape index (κ2) is 11.3. The number of esters is 1. The Morgan fingerprint density at radius 2 is 1.91 bits per heavy atom. The number of nitrogens with one attached hydrogen (secondary N) is 2. The van der Waals surface area contributed by atoms with E-state index in [1.54, 1.807) is 32.9 Å². The molecule has 1 aromatic rings. The van der Waals surface area contributed by atoms with E-state index in [2.05, 4.69) is 22.2 Å². The first-order valence-corrected chi connectivity index (χ1v) is 10.5. The quantitative estimate of drug-likeness (QED) is 0.245.